The van der Waals surface area contributed by atoms with Crippen LogP contribution in [0.15, 0.2) is 24.4 Å². The Kier molecular flexibility index (Phi) is 6.09. The summed E-state index contributed by atoms with van der Waals surface area (Å²) >= 11 is 0. The highest BCUT2D eigenvalue weighted by molar-refractivity contribution is 6.04. The number of nitrogen functional groups attached to an aromatic ring is 1. The van der Waals surface area contributed by atoms with E-state index in [2.05, 4.69) is 15.4 Å². The Balaban J connectivity index is 1.19. The number of hydrogen-bond donors (Lipinski definition) is 3. The van der Waals surface area contributed by atoms with Gasteiger partial charge in [-0.3, -0.25) is 9.59 Å². The van der Waals surface area contributed by atoms with Crippen LogP contribution in [0.4, 0.5) is 19.0 Å². The lowest BCUT2D eigenvalue weighted by atomic mass is 9.81. The summed E-state index contributed by atoms with van der Waals surface area (Å²) in [6.45, 7) is 2.00. The van der Waals surface area contributed by atoms with E-state index < -0.39 is 29.2 Å². The number of alkyl halides is 3. The number of carbonyl (C=O) groups excluding carboxylic acids is 2. The molecular formula is C30H33F3N6O3. The van der Waals surface area contributed by atoms with E-state index in [1.807, 2.05) is 6.92 Å². The fraction of sp³-hybridized carbons (Fsp3) is 0.533. The summed E-state index contributed by atoms with van der Waals surface area (Å²) < 4.78 is 44.1. The van der Waals surface area contributed by atoms with E-state index in [0.717, 1.165) is 57.4 Å². The lowest BCUT2D eigenvalue weighted by molar-refractivity contribution is -0.137. The topological polar surface area (TPSA) is 126 Å². The summed E-state index contributed by atoms with van der Waals surface area (Å²) in [4.78, 5) is 32.6. The number of nitrogens with one attached hydrogen (secondary N) is 1. The average molecular weight is 583 g/mol. The lowest BCUT2D eigenvalue weighted by Crippen LogP contribution is -2.40. The van der Waals surface area contributed by atoms with Crippen molar-refractivity contribution in [2.75, 3.05) is 5.73 Å². The van der Waals surface area contributed by atoms with E-state index in [0.29, 0.717) is 11.5 Å². The third-order valence-electron chi connectivity index (χ3n) is 9.76. The van der Waals surface area contributed by atoms with Crippen molar-refractivity contribution in [1.29, 1.82) is 0 Å². The second-order valence-corrected chi connectivity index (χ2v) is 12.5. The summed E-state index contributed by atoms with van der Waals surface area (Å²) in [5, 5.41) is 17.6. The molecule has 0 radical (unpaired) electrons. The molecule has 0 spiro atoms. The molecule has 0 bridgehead atoms. The Morgan fingerprint density at radius 2 is 1.88 bits per heavy atom. The summed E-state index contributed by atoms with van der Waals surface area (Å²) in [7, 11) is 0. The van der Waals surface area contributed by atoms with E-state index in [9.17, 15) is 27.9 Å². The van der Waals surface area contributed by atoms with Crippen LogP contribution in [-0.4, -0.2) is 54.1 Å². The molecule has 1 unspecified atom stereocenters. The number of nitrogens with zero attached hydrogens (tertiary/aromatic N) is 4. The maximum atomic E-state index is 14.3. The molecule has 3 fully saturated rings. The molecule has 7 rings (SSSR count). The van der Waals surface area contributed by atoms with E-state index in [1.54, 1.807) is 6.07 Å². The molecular weight excluding hydrogens is 549 g/mol. The van der Waals surface area contributed by atoms with E-state index in [-0.39, 0.29) is 58.4 Å². The SMILES string of the molecule is CC(C1CC1)N1Cc2cc(-c3ccn4nc(N)c(C(=O)NC5CCC(C6(O)CC6)CC5)c4n3)cc(C(F)(F)F)c2C1=O. The van der Waals surface area contributed by atoms with Gasteiger partial charge in [-0.05, 0) is 93.9 Å². The van der Waals surface area contributed by atoms with Crippen LogP contribution in [0.3, 0.4) is 0 Å². The molecule has 3 heterocycles. The first kappa shape index (κ1) is 27.2. The van der Waals surface area contributed by atoms with Crippen molar-refractivity contribution in [2.45, 2.75) is 88.7 Å². The Hall–Kier alpha value is -3.67. The highest BCUT2D eigenvalue weighted by atomic mass is 19.4. The number of nitrogens with two attached hydrogens (primary N) is 1. The quantitative estimate of drug-likeness (QED) is 0.391. The molecule has 4 aliphatic rings. The van der Waals surface area contributed by atoms with E-state index in [4.69, 9.17) is 5.73 Å². The normalized spacial score (nSPS) is 24.1. The molecule has 9 nitrogen and oxygen atoms in total. The number of rotatable bonds is 6. The van der Waals surface area contributed by atoms with Crippen molar-refractivity contribution in [3.8, 4) is 11.3 Å². The first-order valence-corrected chi connectivity index (χ1v) is 14.7. The number of halogens is 3. The number of aromatic nitrogens is 3. The first-order valence-electron chi connectivity index (χ1n) is 14.7. The van der Waals surface area contributed by atoms with Crippen molar-refractivity contribution in [1.82, 2.24) is 24.8 Å². The molecule has 3 saturated carbocycles. The fourth-order valence-corrected chi connectivity index (χ4v) is 6.91. The summed E-state index contributed by atoms with van der Waals surface area (Å²) in [5.74, 6) is -0.489. The largest absolute Gasteiger partial charge is 0.417 e. The van der Waals surface area contributed by atoms with Crippen LogP contribution in [0.2, 0.25) is 0 Å². The molecule has 3 aliphatic carbocycles. The monoisotopic (exact) mass is 582 g/mol. The second-order valence-electron chi connectivity index (χ2n) is 12.5. The molecule has 0 saturated heterocycles. The van der Waals surface area contributed by atoms with Gasteiger partial charge in [0.2, 0.25) is 0 Å². The minimum absolute atomic E-state index is 0.0293. The number of carbonyl (C=O) groups is 2. The number of anilines is 1. The molecule has 2 amide bonds. The maximum absolute atomic E-state index is 14.3. The van der Waals surface area contributed by atoms with Gasteiger partial charge in [-0.25, -0.2) is 9.50 Å². The second kappa shape index (κ2) is 9.42. The highest BCUT2D eigenvalue weighted by Gasteiger charge is 2.48. The van der Waals surface area contributed by atoms with Crippen LogP contribution in [0.5, 0.6) is 0 Å². The van der Waals surface area contributed by atoms with Crippen molar-refractivity contribution in [3.05, 3.63) is 46.6 Å². The zero-order valence-electron chi connectivity index (χ0n) is 23.2. The maximum Gasteiger partial charge on any atom is 0.417 e. The molecule has 2 aromatic heterocycles. The van der Waals surface area contributed by atoms with Gasteiger partial charge in [0.05, 0.1) is 22.4 Å². The third-order valence-corrected chi connectivity index (χ3v) is 9.76. The summed E-state index contributed by atoms with van der Waals surface area (Å²) in [5.41, 5.74) is 5.24. The lowest BCUT2D eigenvalue weighted by Gasteiger charge is -2.32. The fourth-order valence-electron chi connectivity index (χ4n) is 6.91. The van der Waals surface area contributed by atoms with Crippen LogP contribution in [0.25, 0.3) is 16.9 Å². The molecule has 1 aliphatic heterocycles. The Bertz CT molecular complexity index is 1600. The average Bonchev–Trinajstić information content (AvgIpc) is 3.87. The van der Waals surface area contributed by atoms with Crippen LogP contribution >= 0.6 is 0 Å². The smallest absolute Gasteiger partial charge is 0.390 e. The molecule has 1 atom stereocenters. The van der Waals surface area contributed by atoms with E-state index >= 15 is 0 Å². The predicted molar refractivity (Wildman–Crippen MR) is 147 cm³/mol. The highest BCUT2D eigenvalue weighted by Crippen LogP contribution is 2.48. The standard InChI is InChI=1S/C30H33F3N6O3/c1-15(16-2-3-16)38-14-18-12-17(13-21(30(31,32)33)23(18)28(38)41)22-8-11-39-26(36-22)24(25(34)37-39)27(40)35-20-6-4-19(5-7-20)29(42)9-10-29/h8,11-13,15-16,19-20,42H,2-7,9-10,14H2,1H3,(H2,34,37)(H,35,40). The zero-order valence-corrected chi connectivity index (χ0v) is 23.2. The van der Waals surface area contributed by atoms with Crippen LogP contribution in [-0.2, 0) is 12.7 Å². The van der Waals surface area contributed by atoms with Crippen molar-refractivity contribution >= 4 is 23.3 Å². The van der Waals surface area contributed by atoms with Gasteiger partial charge in [0.15, 0.2) is 11.5 Å². The van der Waals surface area contributed by atoms with Crippen LogP contribution < -0.4 is 11.1 Å². The molecule has 12 heteroatoms. The van der Waals surface area contributed by atoms with Gasteiger partial charge < -0.3 is 21.1 Å². The summed E-state index contributed by atoms with van der Waals surface area (Å²) in [6.07, 6.45) is 3.52. The van der Waals surface area contributed by atoms with Crippen molar-refractivity contribution < 1.29 is 27.9 Å². The number of amides is 2. The third kappa shape index (κ3) is 4.60. The van der Waals surface area contributed by atoms with Crippen LogP contribution in [0, 0.1) is 11.8 Å². The van der Waals surface area contributed by atoms with Crippen LogP contribution in [0.1, 0.15) is 90.1 Å². The Labute approximate surface area is 240 Å². The van der Waals surface area contributed by atoms with Gasteiger partial charge in [0.25, 0.3) is 11.8 Å². The molecule has 3 aromatic rings. The summed E-state index contributed by atoms with van der Waals surface area (Å²) in [6, 6.07) is 3.86. The van der Waals surface area contributed by atoms with E-state index in [1.165, 1.54) is 21.7 Å². The van der Waals surface area contributed by atoms with Gasteiger partial charge in [-0.1, -0.05) is 0 Å². The van der Waals surface area contributed by atoms with Gasteiger partial charge >= 0.3 is 6.18 Å². The number of benzene rings is 1. The number of aliphatic hydroxyl groups is 1. The Morgan fingerprint density at radius 1 is 1.17 bits per heavy atom. The predicted octanol–water partition coefficient (Wildman–Crippen LogP) is 4.57. The molecule has 222 valence electrons. The Morgan fingerprint density at radius 3 is 2.52 bits per heavy atom. The van der Waals surface area contributed by atoms with Gasteiger partial charge in [-0.2, -0.15) is 13.2 Å². The van der Waals surface area contributed by atoms with Gasteiger partial charge in [-0.15, -0.1) is 5.10 Å². The molecule has 42 heavy (non-hydrogen) atoms. The first-order chi connectivity index (χ1) is 19.9. The molecule has 1 aromatic carbocycles. The van der Waals surface area contributed by atoms with Crippen molar-refractivity contribution in [3.63, 3.8) is 0 Å². The minimum Gasteiger partial charge on any atom is -0.390 e. The number of fused-ring (bicyclic) bond motifs is 2. The number of hydrogen-bond acceptors (Lipinski definition) is 6. The van der Waals surface area contributed by atoms with Gasteiger partial charge in [0.1, 0.15) is 5.56 Å². The van der Waals surface area contributed by atoms with Crippen molar-refractivity contribution in [2.24, 2.45) is 11.8 Å². The molecule has 4 N–H and O–H groups in total. The minimum atomic E-state index is -4.74. The zero-order chi connectivity index (χ0) is 29.6. The van der Waals surface area contributed by atoms with Gasteiger partial charge in [0, 0.05) is 30.4 Å².